The van der Waals surface area contributed by atoms with Crippen LogP contribution in [0.4, 0.5) is 18.9 Å². The topological polar surface area (TPSA) is 84.5 Å². The first kappa shape index (κ1) is 25.9. The van der Waals surface area contributed by atoms with Gasteiger partial charge in [0.1, 0.15) is 17.3 Å². The molecule has 0 heterocycles. The summed E-state index contributed by atoms with van der Waals surface area (Å²) in [7, 11) is -2.28. The Labute approximate surface area is 211 Å². The van der Waals surface area contributed by atoms with Crippen molar-refractivity contribution in [3.8, 4) is 22.6 Å². The van der Waals surface area contributed by atoms with Crippen molar-refractivity contribution in [1.29, 1.82) is 0 Å². The highest BCUT2D eigenvalue weighted by atomic mass is 32.2. The summed E-state index contributed by atoms with van der Waals surface area (Å²) in [5.74, 6) is -2.80. The predicted octanol–water partition coefficient (Wildman–Crippen LogP) is 5.65. The molecule has 6 nitrogen and oxygen atoms in total. The monoisotopic (exact) mass is 526 g/mol. The number of nitrogens with one attached hydrogen (secondary N) is 2. The van der Waals surface area contributed by atoms with E-state index in [-0.39, 0.29) is 28.7 Å². The summed E-state index contributed by atoms with van der Waals surface area (Å²) in [5, 5.41) is 2.73. The van der Waals surface area contributed by atoms with Gasteiger partial charge in [0.25, 0.3) is 0 Å². The van der Waals surface area contributed by atoms with E-state index in [1.54, 1.807) is 18.2 Å². The summed E-state index contributed by atoms with van der Waals surface area (Å²) < 4.78 is 72.7. The van der Waals surface area contributed by atoms with Crippen molar-refractivity contribution in [2.75, 3.05) is 12.4 Å². The van der Waals surface area contributed by atoms with Crippen LogP contribution in [0.5, 0.6) is 11.5 Å². The Hall–Kier alpha value is -4.15. The maximum atomic E-state index is 13.9. The fourth-order valence-electron chi connectivity index (χ4n) is 3.54. The lowest BCUT2D eigenvalue weighted by Gasteiger charge is -2.14. The third-order valence-corrected chi connectivity index (χ3v) is 6.82. The van der Waals surface area contributed by atoms with E-state index in [2.05, 4.69) is 10.0 Å². The molecule has 37 heavy (non-hydrogen) atoms. The molecule has 10 heteroatoms. The van der Waals surface area contributed by atoms with Crippen LogP contribution < -0.4 is 14.8 Å². The van der Waals surface area contributed by atoms with E-state index in [0.29, 0.717) is 22.4 Å². The van der Waals surface area contributed by atoms with Gasteiger partial charge in [0.2, 0.25) is 15.9 Å². The van der Waals surface area contributed by atoms with Crippen LogP contribution in [0.3, 0.4) is 0 Å². The highest BCUT2D eigenvalue weighted by molar-refractivity contribution is 7.89. The SMILES string of the molecule is CNS(=O)(=O)c1ccc(CC(=O)Nc2ccc(-c3cccc(F)c3)c(Oc3ccc(F)c(F)c3)c2)cc1. The molecule has 0 saturated heterocycles. The molecule has 1 amide bonds. The number of amides is 1. The molecule has 0 saturated carbocycles. The molecule has 4 aromatic carbocycles. The van der Waals surface area contributed by atoms with Crippen LogP contribution in [-0.2, 0) is 21.2 Å². The van der Waals surface area contributed by atoms with Gasteiger partial charge in [0, 0.05) is 23.4 Å². The number of sulfonamides is 1. The Morgan fingerprint density at radius 1 is 0.865 bits per heavy atom. The first-order chi connectivity index (χ1) is 17.6. The number of hydrogen-bond donors (Lipinski definition) is 2. The van der Waals surface area contributed by atoms with E-state index in [1.165, 1.54) is 61.6 Å². The van der Waals surface area contributed by atoms with E-state index in [9.17, 15) is 26.4 Å². The number of halogens is 3. The zero-order valence-electron chi connectivity index (χ0n) is 19.5. The maximum Gasteiger partial charge on any atom is 0.240 e. The van der Waals surface area contributed by atoms with Crippen LogP contribution in [0.2, 0.25) is 0 Å². The normalized spacial score (nSPS) is 11.2. The van der Waals surface area contributed by atoms with Crippen molar-refractivity contribution in [2.45, 2.75) is 11.3 Å². The Morgan fingerprint density at radius 2 is 1.62 bits per heavy atom. The molecule has 4 aromatic rings. The van der Waals surface area contributed by atoms with Gasteiger partial charge in [-0.25, -0.2) is 26.3 Å². The molecular weight excluding hydrogens is 505 g/mol. The van der Waals surface area contributed by atoms with E-state index >= 15 is 0 Å². The molecule has 0 aliphatic heterocycles. The zero-order chi connectivity index (χ0) is 26.6. The van der Waals surface area contributed by atoms with Gasteiger partial charge in [0.15, 0.2) is 11.6 Å². The average molecular weight is 527 g/mol. The van der Waals surface area contributed by atoms with Gasteiger partial charge in [-0.05, 0) is 66.7 Å². The average Bonchev–Trinajstić information content (AvgIpc) is 2.87. The molecule has 0 unspecified atom stereocenters. The quantitative estimate of drug-likeness (QED) is 0.311. The second kappa shape index (κ2) is 10.9. The molecule has 0 bridgehead atoms. The number of anilines is 1. The van der Waals surface area contributed by atoms with E-state index in [4.69, 9.17) is 4.74 Å². The lowest BCUT2D eigenvalue weighted by molar-refractivity contribution is -0.115. The second-order valence-corrected chi connectivity index (χ2v) is 9.86. The van der Waals surface area contributed by atoms with Crippen molar-refractivity contribution < 1.29 is 31.1 Å². The minimum Gasteiger partial charge on any atom is -0.457 e. The smallest absolute Gasteiger partial charge is 0.240 e. The van der Waals surface area contributed by atoms with Gasteiger partial charge in [-0.3, -0.25) is 4.79 Å². The Morgan fingerprint density at radius 3 is 2.30 bits per heavy atom. The molecule has 0 spiro atoms. The first-order valence-electron chi connectivity index (χ1n) is 11.0. The van der Waals surface area contributed by atoms with Gasteiger partial charge in [-0.1, -0.05) is 24.3 Å². The summed E-state index contributed by atoms with van der Waals surface area (Å²) in [6.07, 6.45) is -0.0368. The van der Waals surface area contributed by atoms with Crippen molar-refractivity contribution in [3.63, 3.8) is 0 Å². The summed E-state index contributed by atoms with van der Waals surface area (Å²) in [6.45, 7) is 0. The molecule has 0 aliphatic carbocycles. The van der Waals surface area contributed by atoms with E-state index in [1.807, 2.05) is 0 Å². The molecule has 4 rings (SSSR count). The van der Waals surface area contributed by atoms with Gasteiger partial charge in [0.05, 0.1) is 11.3 Å². The van der Waals surface area contributed by atoms with Gasteiger partial charge >= 0.3 is 0 Å². The molecule has 190 valence electrons. The lowest BCUT2D eigenvalue weighted by atomic mass is 10.0. The summed E-state index contributed by atoms with van der Waals surface area (Å²) in [6, 6.07) is 19.4. The van der Waals surface area contributed by atoms with Crippen LogP contribution in [0, 0.1) is 17.5 Å². The van der Waals surface area contributed by atoms with Crippen LogP contribution >= 0.6 is 0 Å². The standard InChI is InChI=1S/C27H21F3N2O4S/c1-31-37(34,35)22-9-5-17(6-10-22)13-27(33)32-20-7-11-23(18-3-2-4-19(28)14-18)26(15-20)36-21-8-12-24(29)25(30)16-21/h2-12,14-16,31H,13H2,1H3,(H,32,33). The lowest BCUT2D eigenvalue weighted by Crippen LogP contribution is -2.18. The summed E-state index contributed by atoms with van der Waals surface area (Å²) in [5.41, 5.74) is 1.87. The van der Waals surface area contributed by atoms with Gasteiger partial charge < -0.3 is 10.1 Å². The molecule has 0 aromatic heterocycles. The number of carbonyl (C=O) groups excluding carboxylic acids is 1. The number of benzene rings is 4. The third kappa shape index (κ3) is 6.35. The molecule has 0 fully saturated rings. The van der Waals surface area contributed by atoms with Crippen molar-refractivity contribution in [3.05, 3.63) is 108 Å². The van der Waals surface area contributed by atoms with Crippen molar-refractivity contribution >= 4 is 21.6 Å². The Balaban J connectivity index is 1.58. The summed E-state index contributed by atoms with van der Waals surface area (Å²) >= 11 is 0. The van der Waals surface area contributed by atoms with Crippen LogP contribution in [0.15, 0.2) is 89.8 Å². The van der Waals surface area contributed by atoms with Crippen LogP contribution in [0.25, 0.3) is 11.1 Å². The first-order valence-corrected chi connectivity index (χ1v) is 12.5. The third-order valence-electron chi connectivity index (χ3n) is 5.39. The molecular formula is C27H21F3N2O4S. The minimum absolute atomic E-state index is 0.0108. The van der Waals surface area contributed by atoms with E-state index < -0.39 is 27.5 Å². The van der Waals surface area contributed by atoms with Crippen LogP contribution in [0.1, 0.15) is 5.56 Å². The number of hydrogen-bond acceptors (Lipinski definition) is 4. The highest BCUT2D eigenvalue weighted by Gasteiger charge is 2.14. The minimum atomic E-state index is -3.59. The van der Waals surface area contributed by atoms with Crippen molar-refractivity contribution in [1.82, 2.24) is 4.72 Å². The molecule has 0 aliphatic rings. The zero-order valence-corrected chi connectivity index (χ0v) is 20.3. The molecule has 0 atom stereocenters. The largest absolute Gasteiger partial charge is 0.457 e. The fourth-order valence-corrected chi connectivity index (χ4v) is 4.27. The predicted molar refractivity (Wildman–Crippen MR) is 133 cm³/mol. The van der Waals surface area contributed by atoms with Crippen molar-refractivity contribution in [2.24, 2.45) is 0 Å². The van der Waals surface area contributed by atoms with Crippen LogP contribution in [-0.4, -0.2) is 21.4 Å². The Kier molecular flexibility index (Phi) is 7.61. The Bertz CT molecular complexity index is 1560. The number of ether oxygens (including phenoxy) is 1. The van der Waals surface area contributed by atoms with E-state index in [0.717, 1.165) is 12.1 Å². The molecule has 2 N–H and O–H groups in total. The number of carbonyl (C=O) groups is 1. The fraction of sp³-hybridized carbons (Fsp3) is 0.0741. The maximum absolute atomic E-state index is 13.9. The van der Waals surface area contributed by atoms with Gasteiger partial charge in [-0.2, -0.15) is 0 Å². The van der Waals surface area contributed by atoms with Gasteiger partial charge in [-0.15, -0.1) is 0 Å². The second-order valence-electron chi connectivity index (χ2n) is 7.98. The summed E-state index contributed by atoms with van der Waals surface area (Å²) in [4.78, 5) is 12.7. The molecule has 0 radical (unpaired) electrons. The number of rotatable bonds is 8. The highest BCUT2D eigenvalue weighted by Crippen LogP contribution is 2.36.